The number of halogens is 2. The van der Waals surface area contributed by atoms with Gasteiger partial charge in [0.2, 0.25) is 11.8 Å². The van der Waals surface area contributed by atoms with E-state index in [-0.39, 0.29) is 36.4 Å². The molecular weight excluding hydrogens is 491 g/mol. The number of fused-ring (bicyclic) bond motifs is 1. The number of carbonyl (C=O) groups is 3. The first kappa shape index (κ1) is 23.5. The van der Waals surface area contributed by atoms with Crippen molar-refractivity contribution in [2.75, 3.05) is 13.2 Å². The van der Waals surface area contributed by atoms with Crippen molar-refractivity contribution in [2.45, 2.75) is 30.9 Å². The molecule has 0 spiro atoms. The van der Waals surface area contributed by atoms with Gasteiger partial charge in [-0.3, -0.25) is 14.4 Å². The van der Waals surface area contributed by atoms with Crippen LogP contribution in [0.2, 0.25) is 10.0 Å². The molecule has 0 radical (unpaired) electrons. The van der Waals surface area contributed by atoms with Crippen LogP contribution in [-0.4, -0.2) is 57.3 Å². The smallest absolute Gasteiger partial charge is 0.249 e. The van der Waals surface area contributed by atoms with Crippen LogP contribution in [0.25, 0.3) is 5.69 Å². The van der Waals surface area contributed by atoms with Gasteiger partial charge < -0.3 is 19.9 Å². The van der Waals surface area contributed by atoms with Gasteiger partial charge in [-0.1, -0.05) is 29.3 Å². The van der Waals surface area contributed by atoms with Crippen LogP contribution >= 0.6 is 23.2 Å². The van der Waals surface area contributed by atoms with Gasteiger partial charge in [0.15, 0.2) is 5.78 Å². The third kappa shape index (κ3) is 4.45. The maximum Gasteiger partial charge on any atom is 0.249 e. The number of carbonyl (C=O) groups excluding carboxylic acids is 3. The predicted octanol–water partition coefficient (Wildman–Crippen LogP) is 3.17. The molecule has 3 aromatic rings. The van der Waals surface area contributed by atoms with Gasteiger partial charge in [0.25, 0.3) is 0 Å². The minimum Gasteiger partial charge on any atom is -0.368 e. The Bertz CT molecular complexity index is 1310. The lowest BCUT2D eigenvalue weighted by Gasteiger charge is -2.28. The lowest BCUT2D eigenvalue weighted by Crippen LogP contribution is -2.44. The molecule has 2 aliphatic heterocycles. The summed E-state index contributed by atoms with van der Waals surface area (Å²) >= 11 is 12.3. The number of Topliss-reactive ketones (excluding diaryl/α,β-unsaturated/α-hetero) is 1. The third-order valence-electron chi connectivity index (χ3n) is 6.60. The summed E-state index contributed by atoms with van der Waals surface area (Å²) < 4.78 is 7.35. The molecular formula is C25H22Cl2N4O4. The monoisotopic (exact) mass is 512 g/mol. The van der Waals surface area contributed by atoms with Gasteiger partial charge in [0, 0.05) is 30.2 Å². The van der Waals surface area contributed by atoms with E-state index in [1.54, 1.807) is 64.6 Å². The number of likely N-dealkylation sites (tertiary alicyclic amines) is 1. The molecule has 2 amide bonds. The summed E-state index contributed by atoms with van der Waals surface area (Å²) in [7, 11) is 0. The molecule has 3 unspecified atom stereocenters. The summed E-state index contributed by atoms with van der Waals surface area (Å²) in [5, 5.41) is 0.757. The van der Waals surface area contributed by atoms with Crippen molar-refractivity contribution < 1.29 is 19.1 Å². The van der Waals surface area contributed by atoms with Gasteiger partial charge in [-0.05, 0) is 54.3 Å². The molecule has 0 saturated carbocycles. The highest BCUT2D eigenvalue weighted by Gasteiger charge is 2.48. The molecule has 2 saturated heterocycles. The van der Waals surface area contributed by atoms with Crippen LogP contribution in [0.4, 0.5) is 0 Å². The molecule has 2 aliphatic rings. The average molecular weight is 513 g/mol. The first-order chi connectivity index (χ1) is 16.8. The summed E-state index contributed by atoms with van der Waals surface area (Å²) in [6, 6.07) is 9.65. The third-order valence-corrected chi connectivity index (χ3v) is 7.33. The van der Waals surface area contributed by atoms with Crippen LogP contribution in [0, 0.1) is 0 Å². The maximum absolute atomic E-state index is 14.1. The van der Waals surface area contributed by atoms with Crippen LogP contribution in [-0.2, 0) is 20.7 Å². The lowest BCUT2D eigenvalue weighted by molar-refractivity contribution is -0.137. The summed E-state index contributed by atoms with van der Waals surface area (Å²) in [6.07, 6.45) is 5.53. The Kier molecular flexibility index (Phi) is 6.35. The Morgan fingerprint density at radius 2 is 2.00 bits per heavy atom. The molecule has 2 fully saturated rings. The standard InChI is InChI=1S/C25H22Cl2N4O4/c26-19-4-1-14(10-20(19)27)9-18(25(34)31-7-5-22-23(31)21(32)12-35-22)17-11-15(30-8-6-29-13-30)2-3-16(17)24(28)33/h1-4,6,8,10-11,13,18,22-23H,5,7,9,12H2,(H2,28,33). The van der Waals surface area contributed by atoms with Gasteiger partial charge in [-0.25, -0.2) is 4.98 Å². The lowest BCUT2D eigenvalue weighted by atomic mass is 9.86. The summed E-state index contributed by atoms with van der Waals surface area (Å²) in [4.78, 5) is 44.6. The summed E-state index contributed by atoms with van der Waals surface area (Å²) in [6.45, 7) is 0.393. The van der Waals surface area contributed by atoms with Crippen LogP contribution < -0.4 is 5.73 Å². The Morgan fingerprint density at radius 3 is 2.71 bits per heavy atom. The second-order valence-corrected chi connectivity index (χ2v) is 9.51. The van der Waals surface area contributed by atoms with Gasteiger partial charge in [-0.15, -0.1) is 0 Å². The largest absolute Gasteiger partial charge is 0.368 e. The molecule has 180 valence electrons. The second-order valence-electron chi connectivity index (χ2n) is 8.69. The van der Waals surface area contributed by atoms with Crippen LogP contribution in [0.5, 0.6) is 0 Å². The topological polar surface area (TPSA) is 108 Å². The number of amides is 2. The molecule has 2 N–H and O–H groups in total. The number of imidazole rings is 1. The minimum absolute atomic E-state index is 0.000771. The molecule has 10 heteroatoms. The second kappa shape index (κ2) is 9.45. The number of aromatic nitrogens is 2. The average Bonchev–Trinajstić information content (AvgIpc) is 3.59. The highest BCUT2D eigenvalue weighted by atomic mass is 35.5. The van der Waals surface area contributed by atoms with Gasteiger partial charge in [0.05, 0.1) is 28.4 Å². The van der Waals surface area contributed by atoms with E-state index in [1.165, 1.54) is 0 Å². The molecule has 5 rings (SSSR count). The van der Waals surface area contributed by atoms with Crippen LogP contribution in [0.3, 0.4) is 0 Å². The van der Waals surface area contributed by atoms with E-state index in [0.29, 0.717) is 34.3 Å². The molecule has 1 aromatic heterocycles. The number of nitrogens with two attached hydrogens (primary N) is 1. The van der Waals surface area contributed by atoms with Crippen molar-refractivity contribution in [2.24, 2.45) is 5.73 Å². The number of nitrogens with zero attached hydrogens (tertiary/aromatic N) is 3. The SMILES string of the molecule is NC(=O)c1ccc(-n2ccnc2)cc1C(Cc1ccc(Cl)c(Cl)c1)C(=O)N1CCC2OCC(=O)C21. The highest BCUT2D eigenvalue weighted by Crippen LogP contribution is 2.35. The van der Waals surface area contributed by atoms with E-state index in [1.807, 2.05) is 0 Å². The van der Waals surface area contributed by atoms with E-state index in [2.05, 4.69) is 4.98 Å². The molecule has 0 bridgehead atoms. The van der Waals surface area contributed by atoms with E-state index < -0.39 is 17.9 Å². The highest BCUT2D eigenvalue weighted by molar-refractivity contribution is 6.42. The summed E-state index contributed by atoms with van der Waals surface area (Å²) in [5.74, 6) is -1.84. The van der Waals surface area contributed by atoms with Crippen molar-refractivity contribution in [3.05, 3.63) is 81.9 Å². The molecule has 3 atom stereocenters. The molecule has 0 aliphatic carbocycles. The fourth-order valence-electron chi connectivity index (χ4n) is 4.91. The number of hydrogen-bond donors (Lipinski definition) is 1. The number of rotatable bonds is 6. The van der Waals surface area contributed by atoms with Gasteiger partial charge in [0.1, 0.15) is 12.6 Å². The van der Waals surface area contributed by atoms with Crippen LogP contribution in [0.15, 0.2) is 55.1 Å². The predicted molar refractivity (Wildman–Crippen MR) is 130 cm³/mol. The van der Waals surface area contributed by atoms with Crippen molar-refractivity contribution in [3.8, 4) is 5.69 Å². The number of ketones is 1. The fraction of sp³-hybridized carbons (Fsp3) is 0.280. The van der Waals surface area contributed by atoms with E-state index in [9.17, 15) is 14.4 Å². The van der Waals surface area contributed by atoms with E-state index >= 15 is 0 Å². The molecule has 8 nitrogen and oxygen atoms in total. The normalized spacial score (nSPS) is 20.2. The van der Waals surface area contributed by atoms with Crippen molar-refractivity contribution >= 4 is 40.8 Å². The Balaban J connectivity index is 1.61. The minimum atomic E-state index is -0.801. The first-order valence-electron chi connectivity index (χ1n) is 11.1. The zero-order valence-electron chi connectivity index (χ0n) is 18.6. The quantitative estimate of drug-likeness (QED) is 0.545. The zero-order chi connectivity index (χ0) is 24.7. The Hall–Kier alpha value is -3.20. The number of primary amides is 1. The zero-order valence-corrected chi connectivity index (χ0v) is 20.1. The Morgan fingerprint density at radius 1 is 1.17 bits per heavy atom. The first-order valence-corrected chi connectivity index (χ1v) is 11.9. The van der Waals surface area contributed by atoms with Gasteiger partial charge >= 0.3 is 0 Å². The number of hydrogen-bond acceptors (Lipinski definition) is 5. The number of benzene rings is 2. The summed E-state index contributed by atoms with van der Waals surface area (Å²) in [5.41, 5.74) is 7.90. The maximum atomic E-state index is 14.1. The molecule has 2 aromatic carbocycles. The van der Waals surface area contributed by atoms with Gasteiger partial charge in [-0.2, -0.15) is 0 Å². The van der Waals surface area contributed by atoms with Crippen LogP contribution in [0.1, 0.15) is 33.8 Å². The van der Waals surface area contributed by atoms with Crippen molar-refractivity contribution in [1.82, 2.24) is 14.5 Å². The van der Waals surface area contributed by atoms with E-state index in [0.717, 1.165) is 5.56 Å². The molecule has 35 heavy (non-hydrogen) atoms. The Labute approximate surface area is 211 Å². The number of ether oxygens (including phenoxy) is 1. The van der Waals surface area contributed by atoms with E-state index in [4.69, 9.17) is 33.7 Å². The fourth-order valence-corrected chi connectivity index (χ4v) is 5.23. The van der Waals surface area contributed by atoms with Crippen molar-refractivity contribution in [3.63, 3.8) is 0 Å². The molecule has 3 heterocycles. The van der Waals surface area contributed by atoms with Crippen molar-refractivity contribution in [1.29, 1.82) is 0 Å².